The smallest absolute Gasteiger partial charge is 0.282 e. The van der Waals surface area contributed by atoms with E-state index >= 15 is 0 Å². The van der Waals surface area contributed by atoms with E-state index in [1.807, 2.05) is 61.5 Å². The van der Waals surface area contributed by atoms with Crippen LogP contribution in [0.25, 0.3) is 22.2 Å². The van der Waals surface area contributed by atoms with Gasteiger partial charge in [0, 0.05) is 16.0 Å². The normalized spacial score (nSPS) is 12.7. The fraction of sp³-hybridized carbons (Fsp3) is 0.174. The van der Waals surface area contributed by atoms with Crippen molar-refractivity contribution in [2.24, 2.45) is 5.10 Å². The number of furan rings is 1. The highest BCUT2D eigenvalue weighted by atomic mass is 79.9. The Labute approximate surface area is 176 Å². The van der Waals surface area contributed by atoms with Crippen molar-refractivity contribution < 1.29 is 4.42 Å². The van der Waals surface area contributed by atoms with Crippen LogP contribution in [0.4, 0.5) is 0 Å². The summed E-state index contributed by atoms with van der Waals surface area (Å²) >= 11 is 3.42. The number of halogens is 1. The second-order valence-corrected chi connectivity index (χ2v) is 7.79. The highest BCUT2D eigenvalue weighted by molar-refractivity contribution is 9.10. The zero-order chi connectivity index (χ0) is 20.4. The van der Waals surface area contributed by atoms with E-state index in [0.717, 1.165) is 22.2 Å². The van der Waals surface area contributed by atoms with Gasteiger partial charge in [-0.1, -0.05) is 60.1 Å². The third kappa shape index (κ3) is 3.93. The molecular formula is C23H20BrN3O2. The lowest BCUT2D eigenvalue weighted by molar-refractivity contribution is 0.571. The van der Waals surface area contributed by atoms with E-state index < -0.39 is 0 Å². The number of aromatic nitrogens is 2. The molecule has 2 aromatic carbocycles. The van der Waals surface area contributed by atoms with Gasteiger partial charge in [-0.25, -0.2) is 4.98 Å². The van der Waals surface area contributed by atoms with Gasteiger partial charge in [-0.2, -0.15) is 9.78 Å². The first kappa shape index (κ1) is 19.3. The van der Waals surface area contributed by atoms with Gasteiger partial charge < -0.3 is 4.42 Å². The van der Waals surface area contributed by atoms with Gasteiger partial charge in [0.2, 0.25) is 0 Å². The molecule has 0 spiro atoms. The first-order valence-electron chi connectivity index (χ1n) is 9.48. The fourth-order valence-corrected chi connectivity index (χ4v) is 3.43. The molecule has 4 rings (SSSR count). The molecule has 5 nitrogen and oxygen atoms in total. The molecule has 0 fully saturated rings. The summed E-state index contributed by atoms with van der Waals surface area (Å²) in [4.78, 5) is 17.8. The van der Waals surface area contributed by atoms with Gasteiger partial charge in [-0.15, -0.1) is 0 Å². The predicted molar refractivity (Wildman–Crippen MR) is 120 cm³/mol. The van der Waals surface area contributed by atoms with Crippen molar-refractivity contribution in [2.45, 2.75) is 26.2 Å². The summed E-state index contributed by atoms with van der Waals surface area (Å²) in [5.41, 5.74) is 1.46. The third-order valence-electron chi connectivity index (χ3n) is 4.87. The quantitative estimate of drug-likeness (QED) is 0.361. The van der Waals surface area contributed by atoms with Crippen LogP contribution in [0.3, 0.4) is 0 Å². The number of benzene rings is 2. The SMILES string of the molecule is CC[C@@H](C)c1nc2ccc(Br)cc2c(=O)n1N=Cc1ccc(-c2ccccc2)o1. The number of nitrogens with zero attached hydrogens (tertiary/aromatic N) is 3. The summed E-state index contributed by atoms with van der Waals surface area (Å²) < 4.78 is 8.08. The lowest BCUT2D eigenvalue weighted by atomic mass is 10.1. The van der Waals surface area contributed by atoms with Crippen LogP contribution in [0.2, 0.25) is 0 Å². The zero-order valence-electron chi connectivity index (χ0n) is 16.2. The number of fused-ring (bicyclic) bond motifs is 1. The van der Waals surface area contributed by atoms with Crippen molar-refractivity contribution in [1.29, 1.82) is 0 Å². The third-order valence-corrected chi connectivity index (χ3v) is 5.37. The molecule has 0 aliphatic heterocycles. The second-order valence-electron chi connectivity index (χ2n) is 6.87. The van der Waals surface area contributed by atoms with Crippen molar-refractivity contribution in [3.8, 4) is 11.3 Å². The van der Waals surface area contributed by atoms with E-state index in [-0.39, 0.29) is 11.5 Å². The zero-order valence-corrected chi connectivity index (χ0v) is 17.8. The summed E-state index contributed by atoms with van der Waals surface area (Å²) in [7, 11) is 0. The van der Waals surface area contributed by atoms with Crippen molar-refractivity contribution in [2.75, 3.05) is 0 Å². The second kappa shape index (κ2) is 8.17. The van der Waals surface area contributed by atoms with Crippen molar-refractivity contribution in [3.63, 3.8) is 0 Å². The molecule has 4 aromatic rings. The molecule has 1 atom stereocenters. The molecule has 2 heterocycles. The molecule has 146 valence electrons. The Balaban J connectivity index is 1.78. The fourth-order valence-electron chi connectivity index (χ4n) is 3.07. The van der Waals surface area contributed by atoms with Crippen LogP contribution in [0.5, 0.6) is 0 Å². The maximum Gasteiger partial charge on any atom is 0.282 e. The topological polar surface area (TPSA) is 60.4 Å². The predicted octanol–water partition coefficient (Wildman–Crippen LogP) is 5.81. The van der Waals surface area contributed by atoms with Crippen LogP contribution < -0.4 is 5.56 Å². The van der Waals surface area contributed by atoms with E-state index in [0.29, 0.717) is 22.5 Å². The molecule has 0 aliphatic carbocycles. The molecule has 0 bridgehead atoms. The maximum absolute atomic E-state index is 13.1. The summed E-state index contributed by atoms with van der Waals surface area (Å²) in [6, 6.07) is 19.1. The number of hydrogen-bond donors (Lipinski definition) is 0. The highest BCUT2D eigenvalue weighted by Gasteiger charge is 2.15. The van der Waals surface area contributed by atoms with Crippen LogP contribution in [0.1, 0.15) is 37.8 Å². The Bertz CT molecular complexity index is 1240. The molecule has 0 N–H and O–H groups in total. The molecule has 0 amide bonds. The summed E-state index contributed by atoms with van der Waals surface area (Å²) in [5.74, 6) is 2.05. The van der Waals surface area contributed by atoms with Crippen LogP contribution in [-0.4, -0.2) is 15.9 Å². The molecule has 2 aromatic heterocycles. The molecule has 6 heteroatoms. The van der Waals surface area contributed by atoms with E-state index in [1.54, 1.807) is 12.3 Å². The molecule has 0 aliphatic rings. The Hall–Kier alpha value is -2.99. The average Bonchev–Trinajstić information content (AvgIpc) is 3.22. The first-order chi connectivity index (χ1) is 14.1. The molecule has 29 heavy (non-hydrogen) atoms. The summed E-state index contributed by atoms with van der Waals surface area (Å²) in [6.07, 6.45) is 2.41. The Morgan fingerprint density at radius 3 is 2.72 bits per heavy atom. The van der Waals surface area contributed by atoms with Crippen molar-refractivity contribution in [1.82, 2.24) is 9.66 Å². The monoisotopic (exact) mass is 449 g/mol. The van der Waals surface area contributed by atoms with E-state index in [4.69, 9.17) is 9.40 Å². The molecule has 0 saturated heterocycles. The van der Waals surface area contributed by atoms with Gasteiger partial charge in [0.1, 0.15) is 17.3 Å². The van der Waals surface area contributed by atoms with Gasteiger partial charge in [0.05, 0.1) is 17.1 Å². The average molecular weight is 450 g/mol. The van der Waals surface area contributed by atoms with Crippen LogP contribution in [0, 0.1) is 0 Å². The maximum atomic E-state index is 13.1. The molecular weight excluding hydrogens is 430 g/mol. The van der Waals surface area contributed by atoms with Gasteiger partial charge in [0.15, 0.2) is 0 Å². The first-order valence-corrected chi connectivity index (χ1v) is 10.3. The highest BCUT2D eigenvalue weighted by Crippen LogP contribution is 2.22. The standard InChI is InChI=1S/C23H20BrN3O2/c1-3-15(2)22-26-20-11-9-17(24)13-19(20)23(28)27(22)25-14-18-10-12-21(29-18)16-7-5-4-6-8-16/h4-15H,3H2,1-2H3/t15-/m1/s1. The number of rotatable bonds is 5. The molecule has 0 radical (unpaired) electrons. The Morgan fingerprint density at radius 1 is 1.17 bits per heavy atom. The minimum absolute atomic E-state index is 0.0874. The molecule has 0 unspecified atom stereocenters. The lowest BCUT2D eigenvalue weighted by Crippen LogP contribution is -2.23. The van der Waals surface area contributed by atoms with Crippen LogP contribution in [0.15, 0.2) is 79.4 Å². The largest absolute Gasteiger partial charge is 0.455 e. The van der Waals surface area contributed by atoms with Crippen molar-refractivity contribution in [3.05, 3.63) is 87.1 Å². The van der Waals surface area contributed by atoms with Gasteiger partial charge in [-0.3, -0.25) is 4.79 Å². The lowest BCUT2D eigenvalue weighted by Gasteiger charge is -2.13. The van der Waals surface area contributed by atoms with Gasteiger partial charge >= 0.3 is 0 Å². The minimum Gasteiger partial charge on any atom is -0.455 e. The number of hydrogen-bond acceptors (Lipinski definition) is 4. The van der Waals surface area contributed by atoms with Gasteiger partial charge in [-0.05, 0) is 36.8 Å². The van der Waals surface area contributed by atoms with Crippen molar-refractivity contribution >= 4 is 33.0 Å². The van der Waals surface area contributed by atoms with E-state index in [9.17, 15) is 4.79 Å². The summed E-state index contributed by atoms with van der Waals surface area (Å²) in [5, 5.41) is 4.96. The van der Waals surface area contributed by atoms with E-state index in [1.165, 1.54) is 4.68 Å². The summed E-state index contributed by atoms with van der Waals surface area (Å²) in [6.45, 7) is 4.11. The Morgan fingerprint density at radius 2 is 1.97 bits per heavy atom. The van der Waals surface area contributed by atoms with Crippen LogP contribution in [-0.2, 0) is 0 Å². The van der Waals surface area contributed by atoms with E-state index in [2.05, 4.69) is 28.0 Å². The van der Waals surface area contributed by atoms with Crippen LogP contribution >= 0.6 is 15.9 Å². The Kier molecular flexibility index (Phi) is 5.45. The van der Waals surface area contributed by atoms with Gasteiger partial charge in [0.25, 0.3) is 5.56 Å². The molecule has 0 saturated carbocycles. The minimum atomic E-state index is -0.197.